The number of aromatic nitrogens is 2. The van der Waals surface area contributed by atoms with Gasteiger partial charge in [-0.2, -0.15) is 0 Å². The maximum absolute atomic E-state index is 9.59. The van der Waals surface area contributed by atoms with E-state index in [1.807, 2.05) is 13.8 Å². The van der Waals surface area contributed by atoms with Gasteiger partial charge in [-0.15, -0.1) is 0 Å². The lowest BCUT2D eigenvalue weighted by molar-refractivity contribution is -0.0511. The van der Waals surface area contributed by atoms with E-state index in [-0.39, 0.29) is 17.6 Å². The van der Waals surface area contributed by atoms with Gasteiger partial charge in [0.1, 0.15) is 6.33 Å². The lowest BCUT2D eigenvalue weighted by Crippen LogP contribution is -2.57. The molecule has 1 aromatic rings. The zero-order valence-corrected chi connectivity index (χ0v) is 8.94. The maximum Gasteiger partial charge on any atom is 0.152 e. The van der Waals surface area contributed by atoms with Gasteiger partial charge in [0.15, 0.2) is 5.82 Å². The number of hydrogen-bond donors (Lipinski definition) is 3. The first kappa shape index (κ1) is 10.2. The minimum absolute atomic E-state index is 0.128. The van der Waals surface area contributed by atoms with Gasteiger partial charge in [0.05, 0.1) is 18.0 Å². The topological polar surface area (TPSA) is 84.1 Å². The molecule has 15 heavy (non-hydrogen) atoms. The first-order valence-electron chi connectivity index (χ1n) is 5.02. The molecular formula is C10H16N4O. The van der Waals surface area contributed by atoms with Gasteiger partial charge in [-0.25, -0.2) is 9.97 Å². The van der Waals surface area contributed by atoms with E-state index < -0.39 is 0 Å². The molecule has 0 bridgehead atoms. The third-order valence-corrected chi connectivity index (χ3v) is 3.27. The third-order valence-electron chi connectivity index (χ3n) is 3.27. The van der Waals surface area contributed by atoms with Gasteiger partial charge in [0, 0.05) is 11.5 Å². The van der Waals surface area contributed by atoms with Crippen LogP contribution in [0.25, 0.3) is 0 Å². The minimum Gasteiger partial charge on any atom is -0.394 e. The largest absolute Gasteiger partial charge is 0.394 e. The van der Waals surface area contributed by atoms with Crippen molar-refractivity contribution < 1.29 is 5.11 Å². The molecule has 82 valence electrons. The summed E-state index contributed by atoms with van der Waals surface area (Å²) in [5.41, 5.74) is 6.13. The lowest BCUT2D eigenvalue weighted by atomic mass is 9.64. The van der Waals surface area contributed by atoms with Crippen LogP contribution in [-0.2, 0) is 0 Å². The number of aliphatic hydroxyl groups is 1. The smallest absolute Gasteiger partial charge is 0.152 e. The van der Waals surface area contributed by atoms with Gasteiger partial charge in [-0.05, 0) is 6.42 Å². The number of hydrogen-bond acceptors (Lipinski definition) is 5. The standard InChI is InChI=1S/C10H16N4O/c1-10(2)7(3-8(10)15)14-9-6(11)4-12-5-13-9/h4-5,7-8,15H,3,11H2,1-2H3,(H,12,13,14). The Bertz CT molecular complexity index is 366. The predicted octanol–water partition coefficient (Wildman–Crippen LogP) is 0.630. The summed E-state index contributed by atoms with van der Waals surface area (Å²) in [4.78, 5) is 7.88. The van der Waals surface area contributed by atoms with Gasteiger partial charge in [-0.3, -0.25) is 0 Å². The van der Waals surface area contributed by atoms with Crippen molar-refractivity contribution in [3.05, 3.63) is 12.5 Å². The Hall–Kier alpha value is -1.36. The van der Waals surface area contributed by atoms with Gasteiger partial charge < -0.3 is 16.2 Å². The number of aliphatic hydroxyl groups excluding tert-OH is 1. The quantitative estimate of drug-likeness (QED) is 0.664. The summed E-state index contributed by atoms with van der Waals surface area (Å²) >= 11 is 0. The van der Waals surface area contributed by atoms with E-state index in [9.17, 15) is 5.11 Å². The monoisotopic (exact) mass is 208 g/mol. The maximum atomic E-state index is 9.59. The second-order valence-electron chi connectivity index (χ2n) is 4.60. The van der Waals surface area contributed by atoms with E-state index in [1.165, 1.54) is 6.33 Å². The van der Waals surface area contributed by atoms with Gasteiger partial charge in [0.2, 0.25) is 0 Å². The first-order chi connectivity index (χ1) is 7.01. The normalized spacial score (nSPS) is 28.2. The third kappa shape index (κ3) is 1.63. The number of nitrogens with one attached hydrogen (secondary N) is 1. The van der Waals surface area contributed by atoms with Crippen LogP contribution in [0.5, 0.6) is 0 Å². The van der Waals surface area contributed by atoms with Crippen molar-refractivity contribution in [2.75, 3.05) is 11.1 Å². The van der Waals surface area contributed by atoms with Crippen molar-refractivity contribution in [1.29, 1.82) is 0 Å². The van der Waals surface area contributed by atoms with E-state index in [2.05, 4.69) is 15.3 Å². The zero-order chi connectivity index (χ0) is 11.1. The molecule has 1 heterocycles. The molecule has 0 aliphatic heterocycles. The Morgan fingerprint density at radius 2 is 2.33 bits per heavy atom. The van der Waals surface area contributed by atoms with Gasteiger partial charge in [-0.1, -0.05) is 13.8 Å². The average molecular weight is 208 g/mol. The fraction of sp³-hybridized carbons (Fsp3) is 0.600. The number of rotatable bonds is 2. The molecular weight excluding hydrogens is 192 g/mol. The summed E-state index contributed by atoms with van der Waals surface area (Å²) < 4.78 is 0. The van der Waals surface area contributed by atoms with Crippen molar-refractivity contribution >= 4 is 11.5 Å². The van der Waals surface area contributed by atoms with Crippen LogP contribution in [0.3, 0.4) is 0 Å². The van der Waals surface area contributed by atoms with E-state index in [0.29, 0.717) is 11.5 Å². The fourth-order valence-electron chi connectivity index (χ4n) is 1.77. The lowest BCUT2D eigenvalue weighted by Gasteiger charge is -2.49. The van der Waals surface area contributed by atoms with Crippen LogP contribution >= 0.6 is 0 Å². The van der Waals surface area contributed by atoms with Crippen LogP contribution in [0.4, 0.5) is 11.5 Å². The number of nitrogen functional groups attached to an aromatic ring is 1. The number of anilines is 2. The molecule has 2 unspecified atom stereocenters. The van der Waals surface area contributed by atoms with Crippen LogP contribution < -0.4 is 11.1 Å². The van der Waals surface area contributed by atoms with Gasteiger partial charge in [0.25, 0.3) is 0 Å². The van der Waals surface area contributed by atoms with Crippen LogP contribution in [0.15, 0.2) is 12.5 Å². The van der Waals surface area contributed by atoms with Crippen LogP contribution in [0, 0.1) is 5.41 Å². The molecule has 1 aliphatic carbocycles. The molecule has 0 aromatic carbocycles. The van der Waals surface area contributed by atoms with Crippen molar-refractivity contribution in [3.8, 4) is 0 Å². The summed E-state index contributed by atoms with van der Waals surface area (Å²) in [5, 5.41) is 12.8. The molecule has 1 aliphatic rings. The number of nitrogens with two attached hydrogens (primary N) is 1. The highest BCUT2D eigenvalue weighted by Gasteiger charge is 2.47. The van der Waals surface area contributed by atoms with Crippen LogP contribution in [0.1, 0.15) is 20.3 Å². The van der Waals surface area contributed by atoms with E-state index in [0.717, 1.165) is 6.42 Å². The summed E-state index contributed by atoms with van der Waals surface area (Å²) in [6.07, 6.45) is 3.51. The second-order valence-corrected chi connectivity index (χ2v) is 4.60. The van der Waals surface area contributed by atoms with Crippen molar-refractivity contribution in [3.63, 3.8) is 0 Å². The summed E-state index contributed by atoms with van der Waals surface area (Å²) in [6, 6.07) is 0.213. The Morgan fingerprint density at radius 1 is 1.60 bits per heavy atom. The van der Waals surface area contributed by atoms with Gasteiger partial charge >= 0.3 is 0 Å². The Morgan fingerprint density at radius 3 is 2.87 bits per heavy atom. The van der Waals surface area contributed by atoms with Crippen LogP contribution in [-0.4, -0.2) is 27.2 Å². The molecule has 1 fully saturated rings. The molecule has 2 atom stereocenters. The summed E-state index contributed by atoms with van der Waals surface area (Å²) in [7, 11) is 0. The molecule has 0 amide bonds. The minimum atomic E-state index is -0.252. The summed E-state index contributed by atoms with van der Waals surface area (Å²) in [5.74, 6) is 0.648. The molecule has 5 nitrogen and oxygen atoms in total. The molecule has 1 aromatic heterocycles. The molecule has 0 saturated heterocycles. The predicted molar refractivity (Wildman–Crippen MR) is 58.3 cm³/mol. The van der Waals surface area contributed by atoms with Crippen molar-refractivity contribution in [2.24, 2.45) is 5.41 Å². The average Bonchev–Trinajstić information content (AvgIpc) is 2.20. The second kappa shape index (κ2) is 3.34. The molecule has 5 heteroatoms. The highest BCUT2D eigenvalue weighted by atomic mass is 16.3. The van der Waals surface area contributed by atoms with E-state index in [1.54, 1.807) is 6.20 Å². The van der Waals surface area contributed by atoms with Crippen LogP contribution in [0.2, 0.25) is 0 Å². The Balaban J connectivity index is 2.08. The van der Waals surface area contributed by atoms with E-state index in [4.69, 9.17) is 5.73 Å². The fourth-order valence-corrected chi connectivity index (χ4v) is 1.77. The van der Waals surface area contributed by atoms with E-state index >= 15 is 0 Å². The molecule has 4 N–H and O–H groups in total. The number of nitrogens with zero attached hydrogens (tertiary/aromatic N) is 2. The Labute approximate surface area is 88.7 Å². The highest BCUT2D eigenvalue weighted by Crippen LogP contribution is 2.42. The molecule has 1 saturated carbocycles. The SMILES string of the molecule is CC1(C)C(O)CC1Nc1ncncc1N. The first-order valence-corrected chi connectivity index (χ1v) is 5.02. The Kier molecular flexibility index (Phi) is 2.26. The molecule has 0 spiro atoms. The van der Waals surface area contributed by atoms with Crippen molar-refractivity contribution in [1.82, 2.24) is 9.97 Å². The zero-order valence-electron chi connectivity index (χ0n) is 8.94. The van der Waals surface area contributed by atoms with Crippen molar-refractivity contribution in [2.45, 2.75) is 32.4 Å². The molecule has 2 rings (SSSR count). The molecule has 0 radical (unpaired) electrons. The highest BCUT2D eigenvalue weighted by molar-refractivity contribution is 5.59. The summed E-state index contributed by atoms with van der Waals surface area (Å²) in [6.45, 7) is 4.05.